The first-order valence-corrected chi connectivity index (χ1v) is 7.01. The van der Waals surface area contributed by atoms with Crippen molar-refractivity contribution in [1.29, 1.82) is 0 Å². The van der Waals surface area contributed by atoms with Gasteiger partial charge in [-0.25, -0.2) is 0 Å². The molecule has 1 unspecified atom stereocenters. The number of nitrogens with one attached hydrogen (secondary N) is 1. The predicted octanol–water partition coefficient (Wildman–Crippen LogP) is 2.27. The van der Waals surface area contributed by atoms with Crippen molar-refractivity contribution in [2.24, 2.45) is 11.8 Å². The zero-order valence-corrected chi connectivity index (χ0v) is 11.8. The summed E-state index contributed by atoms with van der Waals surface area (Å²) in [6.07, 6.45) is 3.26. The highest BCUT2D eigenvalue weighted by Gasteiger charge is 2.24. The second-order valence-corrected chi connectivity index (χ2v) is 5.96. The first-order valence-electron chi connectivity index (χ1n) is 7.01. The minimum atomic E-state index is 0.199. The maximum atomic E-state index is 11.7. The quantitative estimate of drug-likeness (QED) is 0.772. The average Bonchev–Trinajstić information content (AvgIpc) is 2.69. The van der Waals surface area contributed by atoms with E-state index in [1.54, 1.807) is 0 Å². The molecule has 0 aromatic rings. The molecule has 3 heteroatoms. The van der Waals surface area contributed by atoms with E-state index in [0.29, 0.717) is 24.3 Å². The van der Waals surface area contributed by atoms with Crippen LogP contribution < -0.4 is 5.32 Å². The van der Waals surface area contributed by atoms with Crippen LogP contribution in [-0.4, -0.2) is 36.5 Å². The predicted molar refractivity (Wildman–Crippen MR) is 71.9 cm³/mol. The smallest absolute Gasteiger partial charge is 0.220 e. The van der Waals surface area contributed by atoms with E-state index < -0.39 is 0 Å². The summed E-state index contributed by atoms with van der Waals surface area (Å²) in [6.45, 7) is 11.9. The second-order valence-electron chi connectivity index (χ2n) is 5.96. The summed E-state index contributed by atoms with van der Waals surface area (Å²) in [5.41, 5.74) is 0. The van der Waals surface area contributed by atoms with Gasteiger partial charge in [-0.3, -0.25) is 9.69 Å². The Labute approximate surface area is 106 Å². The molecule has 1 atom stereocenters. The lowest BCUT2D eigenvalue weighted by molar-refractivity contribution is -0.122. The van der Waals surface area contributed by atoms with Crippen molar-refractivity contribution in [3.05, 3.63) is 0 Å². The lowest BCUT2D eigenvalue weighted by Crippen LogP contribution is -2.45. The molecular formula is C14H28N2O. The van der Waals surface area contributed by atoms with Gasteiger partial charge in [0.1, 0.15) is 0 Å². The van der Waals surface area contributed by atoms with E-state index in [2.05, 4.69) is 37.9 Å². The van der Waals surface area contributed by atoms with Crippen LogP contribution in [0.4, 0.5) is 0 Å². The molecular weight excluding hydrogens is 212 g/mol. The van der Waals surface area contributed by atoms with Gasteiger partial charge in [-0.15, -0.1) is 0 Å². The number of amides is 1. The van der Waals surface area contributed by atoms with Crippen LogP contribution in [0.2, 0.25) is 0 Å². The van der Waals surface area contributed by atoms with Gasteiger partial charge >= 0.3 is 0 Å². The van der Waals surface area contributed by atoms with Gasteiger partial charge in [0.05, 0.1) is 0 Å². The number of likely N-dealkylation sites (tertiary alicyclic amines) is 1. The first-order chi connectivity index (χ1) is 8.00. The van der Waals surface area contributed by atoms with Crippen molar-refractivity contribution in [1.82, 2.24) is 10.2 Å². The standard InChI is InChI=1S/C14H28N2O/c1-11(2)9-14(17)15-10-13(12(3)4)16-7-5-6-8-16/h11-13H,5-10H2,1-4H3,(H,15,17). The third-order valence-electron chi connectivity index (χ3n) is 3.48. The molecule has 0 bridgehead atoms. The van der Waals surface area contributed by atoms with Crippen LogP contribution >= 0.6 is 0 Å². The molecule has 0 spiro atoms. The van der Waals surface area contributed by atoms with Gasteiger partial charge in [-0.05, 0) is 37.8 Å². The molecule has 100 valence electrons. The molecule has 1 amide bonds. The Hall–Kier alpha value is -0.570. The molecule has 1 saturated heterocycles. The van der Waals surface area contributed by atoms with E-state index in [0.717, 1.165) is 6.54 Å². The maximum Gasteiger partial charge on any atom is 0.220 e. The van der Waals surface area contributed by atoms with Crippen LogP contribution in [0.3, 0.4) is 0 Å². The summed E-state index contributed by atoms with van der Waals surface area (Å²) in [5.74, 6) is 1.25. The summed E-state index contributed by atoms with van der Waals surface area (Å²) < 4.78 is 0. The molecule has 1 rings (SSSR count). The Morgan fingerprint density at radius 2 is 1.76 bits per heavy atom. The van der Waals surface area contributed by atoms with Crippen molar-refractivity contribution in [3.8, 4) is 0 Å². The first kappa shape index (κ1) is 14.5. The number of hydrogen-bond donors (Lipinski definition) is 1. The van der Waals surface area contributed by atoms with Crippen LogP contribution in [-0.2, 0) is 4.79 Å². The molecule has 0 saturated carbocycles. The van der Waals surface area contributed by atoms with Crippen LogP contribution in [0.1, 0.15) is 47.0 Å². The normalized spacial score (nSPS) is 18.9. The number of nitrogens with zero attached hydrogens (tertiary/aromatic N) is 1. The SMILES string of the molecule is CC(C)CC(=O)NCC(C(C)C)N1CCCC1. The van der Waals surface area contributed by atoms with Gasteiger partial charge in [0.15, 0.2) is 0 Å². The van der Waals surface area contributed by atoms with Crippen molar-refractivity contribution in [2.75, 3.05) is 19.6 Å². The summed E-state index contributed by atoms with van der Waals surface area (Å²) in [4.78, 5) is 14.2. The van der Waals surface area contributed by atoms with E-state index >= 15 is 0 Å². The van der Waals surface area contributed by atoms with Crippen molar-refractivity contribution in [3.63, 3.8) is 0 Å². The Bertz CT molecular complexity index is 232. The van der Waals surface area contributed by atoms with E-state index in [1.807, 2.05) is 0 Å². The number of hydrogen-bond acceptors (Lipinski definition) is 2. The molecule has 1 N–H and O–H groups in total. The van der Waals surface area contributed by atoms with Gasteiger partial charge in [-0.1, -0.05) is 27.7 Å². The van der Waals surface area contributed by atoms with Crippen molar-refractivity contribution >= 4 is 5.91 Å². The topological polar surface area (TPSA) is 32.3 Å². The second kappa shape index (κ2) is 7.00. The molecule has 1 heterocycles. The van der Waals surface area contributed by atoms with Crippen molar-refractivity contribution in [2.45, 2.75) is 53.0 Å². The molecule has 0 aliphatic carbocycles. The van der Waals surface area contributed by atoms with Crippen LogP contribution in [0.5, 0.6) is 0 Å². The highest BCUT2D eigenvalue weighted by molar-refractivity contribution is 5.76. The minimum absolute atomic E-state index is 0.199. The summed E-state index contributed by atoms with van der Waals surface area (Å²) in [5, 5.41) is 3.09. The Morgan fingerprint density at radius 3 is 2.24 bits per heavy atom. The number of rotatable bonds is 6. The molecule has 0 radical (unpaired) electrons. The van der Waals surface area contributed by atoms with Gasteiger partial charge in [0.25, 0.3) is 0 Å². The fraction of sp³-hybridized carbons (Fsp3) is 0.929. The van der Waals surface area contributed by atoms with Crippen LogP contribution in [0.15, 0.2) is 0 Å². The van der Waals surface area contributed by atoms with Gasteiger partial charge in [0.2, 0.25) is 5.91 Å². The van der Waals surface area contributed by atoms with Crippen LogP contribution in [0, 0.1) is 11.8 Å². The summed E-state index contributed by atoms with van der Waals surface area (Å²) in [6, 6.07) is 0.508. The highest BCUT2D eigenvalue weighted by atomic mass is 16.1. The molecule has 1 aliphatic heterocycles. The monoisotopic (exact) mass is 240 g/mol. The maximum absolute atomic E-state index is 11.7. The molecule has 0 aromatic carbocycles. The summed E-state index contributed by atoms with van der Waals surface area (Å²) >= 11 is 0. The van der Waals surface area contributed by atoms with E-state index in [1.165, 1.54) is 25.9 Å². The zero-order valence-electron chi connectivity index (χ0n) is 11.8. The fourth-order valence-corrected chi connectivity index (χ4v) is 2.52. The Balaban J connectivity index is 2.36. The molecule has 3 nitrogen and oxygen atoms in total. The van der Waals surface area contributed by atoms with Gasteiger partial charge < -0.3 is 5.32 Å². The average molecular weight is 240 g/mol. The number of carbonyl (C=O) groups is 1. The highest BCUT2D eigenvalue weighted by Crippen LogP contribution is 2.17. The largest absolute Gasteiger partial charge is 0.355 e. The van der Waals surface area contributed by atoms with E-state index in [4.69, 9.17) is 0 Å². The Morgan fingerprint density at radius 1 is 1.18 bits per heavy atom. The molecule has 0 aromatic heterocycles. The molecule has 1 fully saturated rings. The van der Waals surface area contributed by atoms with E-state index in [-0.39, 0.29) is 5.91 Å². The van der Waals surface area contributed by atoms with Gasteiger partial charge in [-0.2, -0.15) is 0 Å². The lowest BCUT2D eigenvalue weighted by atomic mass is 10.0. The Kier molecular flexibility index (Phi) is 5.96. The zero-order chi connectivity index (χ0) is 12.8. The number of carbonyl (C=O) groups excluding carboxylic acids is 1. The van der Waals surface area contributed by atoms with Crippen molar-refractivity contribution < 1.29 is 4.79 Å². The van der Waals surface area contributed by atoms with Crippen LogP contribution in [0.25, 0.3) is 0 Å². The summed E-state index contributed by atoms with van der Waals surface area (Å²) in [7, 11) is 0. The lowest BCUT2D eigenvalue weighted by Gasteiger charge is -2.31. The fourth-order valence-electron chi connectivity index (χ4n) is 2.52. The molecule has 1 aliphatic rings. The minimum Gasteiger partial charge on any atom is -0.355 e. The molecule has 17 heavy (non-hydrogen) atoms. The third-order valence-corrected chi connectivity index (χ3v) is 3.48. The van der Waals surface area contributed by atoms with E-state index in [9.17, 15) is 4.79 Å². The third kappa shape index (κ3) is 5.07. The van der Waals surface area contributed by atoms with Gasteiger partial charge in [0, 0.05) is 19.0 Å².